The Morgan fingerprint density at radius 3 is 2.72 bits per heavy atom. The third kappa shape index (κ3) is 3.36. The quantitative estimate of drug-likeness (QED) is 0.527. The second-order valence-electron chi connectivity index (χ2n) is 3.16. The molecule has 0 aliphatic carbocycles. The van der Waals surface area contributed by atoms with Crippen LogP contribution in [-0.4, -0.2) is 17.4 Å². The van der Waals surface area contributed by atoms with Gasteiger partial charge >= 0.3 is 0 Å². The first-order valence-electron chi connectivity index (χ1n) is 4.78. The normalized spacial score (nSPS) is 9.28. The van der Waals surface area contributed by atoms with E-state index in [-0.39, 0.29) is 22.2 Å². The van der Waals surface area contributed by atoms with Crippen molar-refractivity contribution in [3.05, 3.63) is 37.9 Å². The summed E-state index contributed by atoms with van der Waals surface area (Å²) in [7, 11) is 0. The zero-order chi connectivity index (χ0) is 13.7. The van der Waals surface area contributed by atoms with Crippen molar-refractivity contribution in [3.63, 3.8) is 0 Å². The predicted molar refractivity (Wildman–Crippen MR) is 68.9 cm³/mol. The molecule has 0 unspecified atom stereocenters. The SMILES string of the molecule is CC#CCNC(=O)c1cc(Cl)c(Cl)c([N+](=O)[O-])c1. The number of nitro groups is 1. The van der Waals surface area contributed by atoms with Gasteiger partial charge in [-0.2, -0.15) is 0 Å². The van der Waals surface area contributed by atoms with Gasteiger partial charge in [0.05, 0.1) is 16.5 Å². The van der Waals surface area contributed by atoms with Crippen molar-refractivity contribution in [3.8, 4) is 11.8 Å². The summed E-state index contributed by atoms with van der Waals surface area (Å²) in [6, 6.07) is 2.34. The fraction of sp³-hybridized carbons (Fsp3) is 0.182. The van der Waals surface area contributed by atoms with Crippen LogP contribution in [0.2, 0.25) is 10.0 Å². The molecule has 18 heavy (non-hydrogen) atoms. The molecule has 0 atom stereocenters. The van der Waals surface area contributed by atoms with Gasteiger partial charge in [0.1, 0.15) is 5.02 Å². The molecule has 0 aromatic heterocycles. The van der Waals surface area contributed by atoms with Gasteiger partial charge in [-0.15, -0.1) is 5.92 Å². The lowest BCUT2D eigenvalue weighted by Gasteiger charge is -2.04. The van der Waals surface area contributed by atoms with Crippen LogP contribution in [0.25, 0.3) is 0 Å². The van der Waals surface area contributed by atoms with Crippen molar-refractivity contribution < 1.29 is 9.72 Å². The average molecular weight is 287 g/mol. The Morgan fingerprint density at radius 1 is 1.50 bits per heavy atom. The molecular weight excluding hydrogens is 279 g/mol. The van der Waals surface area contributed by atoms with Crippen molar-refractivity contribution in [2.45, 2.75) is 6.92 Å². The maximum Gasteiger partial charge on any atom is 0.290 e. The zero-order valence-electron chi connectivity index (χ0n) is 9.29. The van der Waals surface area contributed by atoms with Gasteiger partial charge in [-0.1, -0.05) is 29.1 Å². The first-order chi connectivity index (χ1) is 8.47. The van der Waals surface area contributed by atoms with E-state index in [0.29, 0.717) is 0 Å². The minimum absolute atomic E-state index is 0.0439. The molecule has 94 valence electrons. The number of halogens is 2. The summed E-state index contributed by atoms with van der Waals surface area (Å²) in [6.45, 7) is 1.79. The smallest absolute Gasteiger partial charge is 0.290 e. The molecule has 0 saturated heterocycles. The highest BCUT2D eigenvalue weighted by Gasteiger charge is 2.19. The highest BCUT2D eigenvalue weighted by atomic mass is 35.5. The van der Waals surface area contributed by atoms with Crippen LogP contribution in [0.15, 0.2) is 12.1 Å². The molecule has 0 heterocycles. The number of hydrogen-bond donors (Lipinski definition) is 1. The fourth-order valence-corrected chi connectivity index (χ4v) is 1.55. The highest BCUT2D eigenvalue weighted by molar-refractivity contribution is 6.43. The Kier molecular flexibility index (Phi) is 4.95. The number of nitrogens with zero attached hydrogens (tertiary/aromatic N) is 1. The predicted octanol–water partition coefficient (Wildman–Crippen LogP) is 2.65. The number of benzene rings is 1. The van der Waals surface area contributed by atoms with E-state index in [2.05, 4.69) is 17.2 Å². The van der Waals surface area contributed by atoms with Gasteiger partial charge < -0.3 is 5.32 Å². The van der Waals surface area contributed by atoms with E-state index in [9.17, 15) is 14.9 Å². The Labute approximate surface area is 113 Å². The maximum absolute atomic E-state index is 11.7. The van der Waals surface area contributed by atoms with E-state index < -0.39 is 16.5 Å². The highest BCUT2D eigenvalue weighted by Crippen LogP contribution is 2.32. The van der Waals surface area contributed by atoms with E-state index in [4.69, 9.17) is 23.2 Å². The van der Waals surface area contributed by atoms with Crippen LogP contribution in [0, 0.1) is 22.0 Å². The molecule has 0 saturated carbocycles. The minimum atomic E-state index is -0.698. The van der Waals surface area contributed by atoms with Crippen molar-refractivity contribution in [1.82, 2.24) is 5.32 Å². The molecular formula is C11H8Cl2N2O3. The van der Waals surface area contributed by atoms with Crippen LogP contribution in [0.5, 0.6) is 0 Å². The number of nitrogens with one attached hydrogen (secondary N) is 1. The summed E-state index contributed by atoms with van der Waals surface area (Å²) >= 11 is 11.4. The second-order valence-corrected chi connectivity index (χ2v) is 3.94. The van der Waals surface area contributed by atoms with E-state index in [1.165, 1.54) is 6.07 Å². The summed E-state index contributed by atoms with van der Waals surface area (Å²) in [5.74, 6) is 4.74. The number of nitro benzene ring substituents is 1. The largest absolute Gasteiger partial charge is 0.341 e. The molecule has 0 aliphatic rings. The Bertz CT molecular complexity index is 561. The molecule has 0 radical (unpaired) electrons. The zero-order valence-corrected chi connectivity index (χ0v) is 10.8. The third-order valence-corrected chi connectivity index (χ3v) is 2.77. The van der Waals surface area contributed by atoms with Crippen molar-refractivity contribution in [1.29, 1.82) is 0 Å². The van der Waals surface area contributed by atoms with E-state index in [1.807, 2.05) is 0 Å². The van der Waals surface area contributed by atoms with Gasteiger partial charge in [0.25, 0.3) is 11.6 Å². The first kappa shape index (κ1) is 14.3. The fourth-order valence-electron chi connectivity index (χ4n) is 1.15. The van der Waals surface area contributed by atoms with Gasteiger partial charge in [0, 0.05) is 11.6 Å². The molecule has 1 rings (SSSR count). The minimum Gasteiger partial charge on any atom is -0.341 e. The Hall–Kier alpha value is -1.77. The van der Waals surface area contributed by atoms with Gasteiger partial charge in [0.15, 0.2) is 0 Å². The first-order valence-corrected chi connectivity index (χ1v) is 5.54. The monoisotopic (exact) mass is 286 g/mol. The van der Waals surface area contributed by atoms with Gasteiger partial charge in [-0.3, -0.25) is 14.9 Å². The molecule has 0 aliphatic heterocycles. The van der Waals surface area contributed by atoms with Crippen LogP contribution in [0.4, 0.5) is 5.69 Å². The number of amides is 1. The van der Waals surface area contributed by atoms with Crippen molar-refractivity contribution in [2.24, 2.45) is 0 Å². The molecule has 5 nitrogen and oxygen atoms in total. The van der Waals surface area contributed by atoms with Gasteiger partial charge in [-0.25, -0.2) is 0 Å². The van der Waals surface area contributed by atoms with Crippen LogP contribution in [-0.2, 0) is 0 Å². The summed E-state index contributed by atoms with van der Waals surface area (Å²) < 4.78 is 0. The summed E-state index contributed by atoms with van der Waals surface area (Å²) in [5, 5.41) is 13.0. The van der Waals surface area contributed by atoms with Crippen molar-refractivity contribution >= 4 is 34.8 Å². The van der Waals surface area contributed by atoms with Gasteiger partial charge in [0.2, 0.25) is 0 Å². The van der Waals surface area contributed by atoms with E-state index in [0.717, 1.165) is 6.07 Å². The molecule has 0 spiro atoms. The number of hydrogen-bond acceptors (Lipinski definition) is 3. The lowest BCUT2D eigenvalue weighted by atomic mass is 10.2. The summed E-state index contributed by atoms with van der Waals surface area (Å²) in [4.78, 5) is 21.7. The number of carbonyl (C=O) groups is 1. The van der Waals surface area contributed by atoms with Crippen molar-refractivity contribution in [2.75, 3.05) is 6.54 Å². The topological polar surface area (TPSA) is 72.2 Å². The third-order valence-electron chi connectivity index (χ3n) is 1.98. The molecule has 0 bridgehead atoms. The second kappa shape index (κ2) is 6.24. The van der Waals surface area contributed by atoms with Gasteiger partial charge in [-0.05, 0) is 13.0 Å². The Balaban J connectivity index is 3.06. The Morgan fingerprint density at radius 2 is 2.17 bits per heavy atom. The molecule has 1 aromatic carbocycles. The lowest BCUT2D eigenvalue weighted by molar-refractivity contribution is -0.384. The van der Waals surface area contributed by atoms with Crippen LogP contribution in [0.1, 0.15) is 17.3 Å². The lowest BCUT2D eigenvalue weighted by Crippen LogP contribution is -2.23. The number of rotatable bonds is 3. The molecule has 1 N–H and O–H groups in total. The van der Waals surface area contributed by atoms with Crippen LogP contribution < -0.4 is 5.32 Å². The summed E-state index contributed by atoms with van der Waals surface area (Å²) in [6.07, 6.45) is 0. The van der Waals surface area contributed by atoms with Crippen LogP contribution in [0.3, 0.4) is 0 Å². The number of carbonyl (C=O) groups excluding carboxylic acids is 1. The van der Waals surface area contributed by atoms with Crippen LogP contribution >= 0.6 is 23.2 Å². The maximum atomic E-state index is 11.7. The molecule has 1 amide bonds. The average Bonchev–Trinajstić information content (AvgIpc) is 2.32. The van der Waals surface area contributed by atoms with E-state index in [1.54, 1.807) is 6.92 Å². The molecule has 7 heteroatoms. The summed E-state index contributed by atoms with van der Waals surface area (Å²) in [5.41, 5.74) is -0.343. The standard InChI is InChI=1S/C11H8Cl2N2O3/c1-2-3-4-14-11(16)7-5-8(12)10(13)9(6-7)15(17)18/h5-6H,4H2,1H3,(H,14,16). The van der Waals surface area contributed by atoms with E-state index >= 15 is 0 Å². The molecule has 1 aromatic rings. The molecule has 0 fully saturated rings.